The van der Waals surface area contributed by atoms with Gasteiger partial charge in [-0.15, -0.1) is 54.1 Å². The van der Waals surface area contributed by atoms with Crippen LogP contribution in [-0.4, -0.2) is 15.0 Å². The molecule has 0 saturated carbocycles. The molecule has 223 valence electrons. The second-order valence-electron chi connectivity index (χ2n) is 11.1. The van der Waals surface area contributed by atoms with Gasteiger partial charge >= 0.3 is 0 Å². The number of pyridine rings is 3. The fraction of sp³-hybridized carbons (Fsp3) is 0.205. The molecule has 0 unspecified atom stereocenters. The number of nitrogens with zero attached hydrogens (tertiary/aromatic N) is 3. The van der Waals surface area contributed by atoms with E-state index in [1.807, 2.05) is 36.4 Å². The van der Waals surface area contributed by atoms with Crippen LogP contribution in [0.2, 0.25) is 0 Å². The first-order chi connectivity index (χ1) is 25.1. The molecule has 0 amide bonds. The zero-order valence-corrected chi connectivity index (χ0v) is 26.6. The maximum Gasteiger partial charge on any atom is 0.147 e. The summed E-state index contributed by atoms with van der Waals surface area (Å²) in [5.74, 6) is 0. The monoisotopic (exact) mass is 765 g/mol. The van der Waals surface area contributed by atoms with Crippen molar-refractivity contribution in [1.82, 2.24) is 15.0 Å². The average molecular weight is 765 g/mol. The molecule has 0 aliphatic rings. The van der Waals surface area contributed by atoms with Gasteiger partial charge in [0.1, 0.15) is 11.1 Å². The van der Waals surface area contributed by atoms with Crippen molar-refractivity contribution >= 4 is 32.8 Å². The van der Waals surface area contributed by atoms with Crippen LogP contribution >= 0.6 is 0 Å². The smallest absolute Gasteiger partial charge is 0.147 e. The van der Waals surface area contributed by atoms with Crippen molar-refractivity contribution in [1.29, 1.82) is 0 Å². The SMILES string of the molecule is [2H]C([2H])([2H])c1ccc(-c2[c-]cccc2)nc1.[2H]C([2H])([2H])c1ccc2ccc3c4cc[c-]c(-c5cc(C([2H])([2H])C(C)(C)C)c(C([2H])([2H])[2H])cn5)c4oc3c2n1.[Ir]. The van der Waals surface area contributed by atoms with Crippen LogP contribution in [-0.2, 0) is 26.5 Å². The summed E-state index contributed by atoms with van der Waals surface area (Å²) in [5, 5.41) is 2.16. The number of rotatable bonds is 3. The number of aryl methyl sites for hydroxylation is 3. The van der Waals surface area contributed by atoms with Crippen molar-refractivity contribution in [2.75, 3.05) is 0 Å². The van der Waals surface area contributed by atoms with E-state index in [4.69, 9.17) is 19.5 Å². The molecule has 0 fully saturated rings. The molecule has 4 nitrogen and oxygen atoms in total. The molecule has 3 aromatic carbocycles. The largest absolute Gasteiger partial charge is 0.498 e. The van der Waals surface area contributed by atoms with E-state index in [0.29, 0.717) is 27.9 Å². The predicted molar refractivity (Wildman–Crippen MR) is 177 cm³/mol. The molecule has 0 aliphatic carbocycles. The van der Waals surface area contributed by atoms with Gasteiger partial charge in [0.2, 0.25) is 0 Å². The Balaban J connectivity index is 0.000000286. The van der Waals surface area contributed by atoms with Crippen LogP contribution in [0.1, 0.15) is 58.2 Å². The molecule has 0 aliphatic heterocycles. The van der Waals surface area contributed by atoms with Gasteiger partial charge in [-0.25, -0.2) is 4.98 Å². The molecule has 5 heteroatoms. The summed E-state index contributed by atoms with van der Waals surface area (Å²) in [5.41, 5.74) is 2.77. The maximum absolute atomic E-state index is 8.81. The van der Waals surface area contributed by atoms with Crippen LogP contribution in [0.3, 0.4) is 0 Å². The maximum atomic E-state index is 8.81. The summed E-state index contributed by atoms with van der Waals surface area (Å²) in [6, 6.07) is 28.8. The Kier molecular flexibility index (Phi) is 5.82. The third kappa shape index (κ3) is 6.65. The van der Waals surface area contributed by atoms with Gasteiger partial charge in [-0.05, 0) is 60.9 Å². The van der Waals surface area contributed by atoms with Crippen LogP contribution in [0.25, 0.3) is 55.4 Å². The molecule has 0 spiro atoms. The van der Waals surface area contributed by atoms with E-state index < -0.39 is 32.3 Å². The van der Waals surface area contributed by atoms with Crippen LogP contribution in [0, 0.1) is 38.1 Å². The molecule has 1 radical (unpaired) electrons. The molecular weight excluding hydrogens is 719 g/mol. The summed E-state index contributed by atoms with van der Waals surface area (Å²) in [4.78, 5) is 12.9. The van der Waals surface area contributed by atoms with Gasteiger partial charge < -0.3 is 14.4 Å². The minimum Gasteiger partial charge on any atom is -0.498 e. The van der Waals surface area contributed by atoms with E-state index >= 15 is 0 Å². The first-order valence-electron chi connectivity index (χ1n) is 19.2. The van der Waals surface area contributed by atoms with Gasteiger partial charge in [-0.2, -0.15) is 0 Å². The average Bonchev–Trinajstić information content (AvgIpc) is 3.50. The predicted octanol–water partition coefficient (Wildman–Crippen LogP) is 10.1. The molecule has 0 bridgehead atoms. The van der Waals surface area contributed by atoms with E-state index in [2.05, 4.69) is 27.1 Å². The van der Waals surface area contributed by atoms with E-state index in [1.54, 1.807) is 51.1 Å². The third-order valence-corrected chi connectivity index (χ3v) is 6.68. The Morgan fingerprint density at radius 3 is 2.39 bits per heavy atom. The summed E-state index contributed by atoms with van der Waals surface area (Å²) >= 11 is 0. The van der Waals surface area contributed by atoms with Crippen molar-refractivity contribution in [2.45, 2.75) is 47.7 Å². The Labute approximate surface area is 288 Å². The van der Waals surface area contributed by atoms with Crippen LogP contribution in [0.4, 0.5) is 0 Å². The molecular formula is C39H35IrN3O-2. The van der Waals surface area contributed by atoms with Gasteiger partial charge in [0.15, 0.2) is 0 Å². The third-order valence-electron chi connectivity index (χ3n) is 6.68. The Morgan fingerprint density at radius 2 is 1.66 bits per heavy atom. The van der Waals surface area contributed by atoms with Crippen molar-refractivity contribution in [3.05, 3.63) is 126 Å². The van der Waals surface area contributed by atoms with Crippen molar-refractivity contribution in [3.63, 3.8) is 0 Å². The normalized spacial score (nSPS) is 16.2. The van der Waals surface area contributed by atoms with Crippen molar-refractivity contribution < 1.29 is 39.6 Å². The molecule has 4 aromatic heterocycles. The van der Waals surface area contributed by atoms with Crippen LogP contribution in [0.15, 0.2) is 95.7 Å². The van der Waals surface area contributed by atoms with E-state index in [1.165, 1.54) is 24.5 Å². The fourth-order valence-electron chi connectivity index (χ4n) is 4.78. The fourth-order valence-corrected chi connectivity index (χ4v) is 4.78. The van der Waals surface area contributed by atoms with Crippen molar-refractivity contribution in [2.24, 2.45) is 5.41 Å². The molecule has 4 heterocycles. The molecule has 7 aromatic rings. The van der Waals surface area contributed by atoms with Gasteiger partial charge in [0.05, 0.1) is 5.58 Å². The number of hydrogen-bond donors (Lipinski definition) is 0. The molecule has 0 saturated heterocycles. The second-order valence-corrected chi connectivity index (χ2v) is 11.1. The summed E-state index contributed by atoms with van der Waals surface area (Å²) in [6.07, 6.45) is 0.612. The van der Waals surface area contributed by atoms with Gasteiger partial charge in [0.25, 0.3) is 0 Å². The molecule has 7 rings (SSSR count). The van der Waals surface area contributed by atoms with Gasteiger partial charge in [0, 0.05) is 64.0 Å². The number of aromatic nitrogens is 3. The van der Waals surface area contributed by atoms with E-state index in [9.17, 15) is 0 Å². The quantitative estimate of drug-likeness (QED) is 0.168. The Hall–Kier alpha value is -4.18. The van der Waals surface area contributed by atoms with Crippen molar-refractivity contribution in [3.8, 4) is 22.5 Å². The van der Waals surface area contributed by atoms with Crippen LogP contribution in [0.5, 0.6) is 0 Å². The van der Waals surface area contributed by atoms with E-state index in [-0.39, 0.29) is 42.5 Å². The topological polar surface area (TPSA) is 51.8 Å². The molecule has 0 N–H and O–H groups in total. The van der Waals surface area contributed by atoms with Gasteiger partial charge in [-0.1, -0.05) is 73.7 Å². The number of hydrogen-bond acceptors (Lipinski definition) is 4. The minimum absolute atomic E-state index is 0. The first kappa shape index (κ1) is 20.0. The number of furan rings is 1. The minimum atomic E-state index is -2.56. The molecule has 44 heavy (non-hydrogen) atoms. The second kappa shape index (κ2) is 12.8. The summed E-state index contributed by atoms with van der Waals surface area (Å²) in [7, 11) is 0. The van der Waals surface area contributed by atoms with E-state index in [0.717, 1.165) is 27.4 Å². The number of benzene rings is 3. The Morgan fingerprint density at radius 1 is 0.818 bits per heavy atom. The zero-order valence-electron chi connectivity index (χ0n) is 35.2. The standard InChI is InChI=1S/C27H25N2O.C12H10N.Ir/c1-16-15-28-23(13-19(16)14-27(3,4)5)22-8-6-7-20-21-12-11-18-10-9-17(2)29-24(18)26(21)30-25(20)22;1-10-7-8-12(13-9-10)11-5-3-2-4-6-11;/h6-7,9-13,15H,14H2,1-5H3;2-5,7-9H,1H3;/q2*-1;/i1D3,2D3,14D2;1D3;. The first-order valence-corrected chi connectivity index (χ1v) is 13.7. The zero-order chi connectivity index (χ0) is 39.4. The van der Waals surface area contributed by atoms with Crippen LogP contribution < -0.4 is 0 Å². The summed E-state index contributed by atoms with van der Waals surface area (Å²) in [6.45, 7) is -1.87. The number of fused-ring (bicyclic) bond motifs is 5. The van der Waals surface area contributed by atoms with Gasteiger partial charge in [-0.3, -0.25) is 0 Å². The Bertz CT molecular complexity index is 2470. The summed E-state index contributed by atoms with van der Waals surface area (Å²) < 4.78 is 92.7. The molecule has 0 atom stereocenters.